The van der Waals surface area contributed by atoms with Gasteiger partial charge in [0.05, 0.1) is 18.7 Å². The largest absolute Gasteiger partial charge is 0.497 e. The highest BCUT2D eigenvalue weighted by atomic mass is 32.1. The predicted molar refractivity (Wildman–Crippen MR) is 103 cm³/mol. The first-order valence-corrected chi connectivity index (χ1v) is 9.63. The SMILES string of the molecule is COc1cccc([C@H](CNC(=O)c2cc(C)sc2C)N2CCCC2)c1. The highest BCUT2D eigenvalue weighted by molar-refractivity contribution is 7.12. The van der Waals surface area contributed by atoms with Gasteiger partial charge in [0.2, 0.25) is 0 Å². The van der Waals surface area contributed by atoms with Gasteiger partial charge >= 0.3 is 0 Å². The molecule has 5 heteroatoms. The van der Waals surface area contributed by atoms with Crippen LogP contribution in [0.3, 0.4) is 0 Å². The molecule has 1 aromatic carbocycles. The number of aryl methyl sites for hydroxylation is 2. The fourth-order valence-electron chi connectivity index (χ4n) is 3.50. The highest BCUT2D eigenvalue weighted by Gasteiger charge is 2.25. The van der Waals surface area contributed by atoms with Crippen molar-refractivity contribution in [3.8, 4) is 5.75 Å². The first kappa shape index (κ1) is 18.0. The molecule has 134 valence electrons. The third-order valence-electron chi connectivity index (χ3n) is 4.80. The molecule has 1 fully saturated rings. The summed E-state index contributed by atoms with van der Waals surface area (Å²) in [7, 11) is 1.69. The number of likely N-dealkylation sites (tertiary alicyclic amines) is 1. The molecule has 0 radical (unpaired) electrons. The quantitative estimate of drug-likeness (QED) is 0.850. The van der Waals surface area contributed by atoms with Gasteiger partial charge < -0.3 is 10.1 Å². The molecular weight excluding hydrogens is 332 g/mol. The Kier molecular flexibility index (Phi) is 5.76. The van der Waals surface area contributed by atoms with E-state index in [1.807, 2.05) is 32.0 Å². The van der Waals surface area contributed by atoms with E-state index in [0.29, 0.717) is 6.54 Å². The Labute approximate surface area is 153 Å². The fraction of sp³-hybridized carbons (Fsp3) is 0.450. The topological polar surface area (TPSA) is 41.6 Å². The number of ether oxygens (including phenoxy) is 1. The maximum atomic E-state index is 12.6. The van der Waals surface area contributed by atoms with Gasteiger partial charge in [0.25, 0.3) is 5.91 Å². The van der Waals surface area contributed by atoms with Crippen molar-refractivity contribution in [2.45, 2.75) is 32.7 Å². The van der Waals surface area contributed by atoms with Gasteiger partial charge in [0.15, 0.2) is 0 Å². The van der Waals surface area contributed by atoms with Crippen molar-refractivity contribution in [2.24, 2.45) is 0 Å². The van der Waals surface area contributed by atoms with Crippen molar-refractivity contribution >= 4 is 17.2 Å². The first-order chi connectivity index (χ1) is 12.1. The van der Waals surface area contributed by atoms with Gasteiger partial charge in [-0.1, -0.05) is 12.1 Å². The molecule has 0 spiro atoms. The van der Waals surface area contributed by atoms with Gasteiger partial charge in [-0.3, -0.25) is 9.69 Å². The standard InChI is InChI=1S/C20H26N2O2S/c1-14-11-18(15(2)25-14)20(23)21-13-19(22-9-4-5-10-22)16-7-6-8-17(12-16)24-3/h6-8,11-12,19H,4-5,9-10,13H2,1-3H3,(H,21,23)/t19-/m0/s1. The Morgan fingerprint density at radius 1 is 1.28 bits per heavy atom. The van der Waals surface area contributed by atoms with Crippen LogP contribution in [0.5, 0.6) is 5.75 Å². The van der Waals surface area contributed by atoms with E-state index in [1.165, 1.54) is 23.3 Å². The summed E-state index contributed by atoms with van der Waals surface area (Å²) in [6, 6.07) is 10.3. The Balaban J connectivity index is 1.75. The number of carbonyl (C=O) groups excluding carboxylic acids is 1. The molecule has 0 bridgehead atoms. The van der Waals surface area contributed by atoms with Crippen LogP contribution in [0.15, 0.2) is 30.3 Å². The lowest BCUT2D eigenvalue weighted by Crippen LogP contribution is -2.36. The zero-order valence-electron chi connectivity index (χ0n) is 15.2. The molecule has 1 aromatic heterocycles. The minimum absolute atomic E-state index is 0.0222. The molecule has 1 atom stereocenters. The molecule has 2 heterocycles. The number of carbonyl (C=O) groups is 1. The van der Waals surface area contributed by atoms with Crippen molar-refractivity contribution in [3.05, 3.63) is 51.2 Å². The van der Waals surface area contributed by atoms with Crippen LogP contribution >= 0.6 is 11.3 Å². The van der Waals surface area contributed by atoms with E-state index < -0.39 is 0 Å². The van der Waals surface area contributed by atoms with E-state index in [-0.39, 0.29) is 11.9 Å². The Morgan fingerprint density at radius 3 is 2.68 bits per heavy atom. The van der Waals surface area contributed by atoms with Crippen molar-refractivity contribution in [2.75, 3.05) is 26.7 Å². The van der Waals surface area contributed by atoms with E-state index in [4.69, 9.17) is 4.74 Å². The summed E-state index contributed by atoms with van der Waals surface area (Å²) >= 11 is 1.67. The van der Waals surface area contributed by atoms with Crippen molar-refractivity contribution in [1.82, 2.24) is 10.2 Å². The lowest BCUT2D eigenvalue weighted by Gasteiger charge is -2.28. The number of rotatable bonds is 6. The van der Waals surface area contributed by atoms with Crippen LogP contribution in [0.2, 0.25) is 0 Å². The van der Waals surface area contributed by atoms with Crippen molar-refractivity contribution < 1.29 is 9.53 Å². The molecule has 0 unspecified atom stereocenters. The van der Waals surface area contributed by atoms with Crippen LogP contribution < -0.4 is 10.1 Å². The Hall–Kier alpha value is -1.85. The molecule has 1 N–H and O–H groups in total. The van der Waals surface area contributed by atoms with E-state index in [1.54, 1.807) is 18.4 Å². The monoisotopic (exact) mass is 358 g/mol. The summed E-state index contributed by atoms with van der Waals surface area (Å²) in [5.74, 6) is 0.881. The average molecular weight is 359 g/mol. The lowest BCUT2D eigenvalue weighted by molar-refractivity contribution is 0.0938. The van der Waals surface area contributed by atoms with Crippen LogP contribution in [0.4, 0.5) is 0 Å². The average Bonchev–Trinajstić information content (AvgIpc) is 3.25. The highest BCUT2D eigenvalue weighted by Crippen LogP contribution is 2.27. The molecule has 2 aromatic rings. The van der Waals surface area contributed by atoms with Gasteiger partial charge in [-0.05, 0) is 63.5 Å². The number of nitrogens with one attached hydrogen (secondary N) is 1. The normalized spacial score (nSPS) is 16.0. The minimum atomic E-state index is 0.0222. The van der Waals surface area contributed by atoms with Crippen LogP contribution in [0, 0.1) is 13.8 Å². The smallest absolute Gasteiger partial charge is 0.252 e. The van der Waals surface area contributed by atoms with E-state index in [9.17, 15) is 4.79 Å². The first-order valence-electron chi connectivity index (χ1n) is 8.81. The molecule has 1 aliphatic heterocycles. The molecule has 0 saturated carbocycles. The molecular formula is C20H26N2O2S. The van der Waals surface area contributed by atoms with E-state index in [2.05, 4.69) is 22.3 Å². The second-order valence-electron chi connectivity index (χ2n) is 6.57. The van der Waals surface area contributed by atoms with Crippen LogP contribution in [0.1, 0.15) is 44.6 Å². The number of hydrogen-bond donors (Lipinski definition) is 1. The lowest BCUT2D eigenvalue weighted by atomic mass is 10.0. The number of amides is 1. The van der Waals surface area contributed by atoms with Crippen molar-refractivity contribution in [3.63, 3.8) is 0 Å². The summed E-state index contributed by atoms with van der Waals surface area (Å²) in [6.45, 7) is 6.81. The molecule has 1 amide bonds. The fourth-order valence-corrected chi connectivity index (χ4v) is 4.42. The molecule has 3 rings (SSSR count). The van der Waals surface area contributed by atoms with Crippen LogP contribution in [-0.2, 0) is 0 Å². The maximum Gasteiger partial charge on any atom is 0.252 e. The molecule has 25 heavy (non-hydrogen) atoms. The number of thiophene rings is 1. The van der Waals surface area contributed by atoms with Gasteiger partial charge in [-0.25, -0.2) is 0 Å². The third kappa shape index (κ3) is 4.22. The number of benzene rings is 1. The molecule has 0 aliphatic carbocycles. The summed E-state index contributed by atoms with van der Waals surface area (Å²) in [6.07, 6.45) is 2.44. The van der Waals surface area contributed by atoms with E-state index >= 15 is 0 Å². The van der Waals surface area contributed by atoms with Gasteiger partial charge in [0.1, 0.15) is 5.75 Å². The van der Waals surface area contributed by atoms with E-state index in [0.717, 1.165) is 29.3 Å². The van der Waals surface area contributed by atoms with Gasteiger partial charge in [0, 0.05) is 16.3 Å². The van der Waals surface area contributed by atoms with Gasteiger partial charge in [-0.15, -0.1) is 11.3 Å². The zero-order chi connectivity index (χ0) is 17.8. The summed E-state index contributed by atoms with van der Waals surface area (Å²) < 4.78 is 5.38. The molecule has 1 aliphatic rings. The van der Waals surface area contributed by atoms with Crippen LogP contribution in [0.25, 0.3) is 0 Å². The maximum absolute atomic E-state index is 12.6. The number of methoxy groups -OCH3 is 1. The third-order valence-corrected chi connectivity index (χ3v) is 5.77. The minimum Gasteiger partial charge on any atom is -0.497 e. The number of nitrogens with zero attached hydrogens (tertiary/aromatic N) is 1. The van der Waals surface area contributed by atoms with Gasteiger partial charge in [-0.2, -0.15) is 0 Å². The number of hydrogen-bond acceptors (Lipinski definition) is 4. The summed E-state index contributed by atoms with van der Waals surface area (Å²) in [5, 5.41) is 3.15. The summed E-state index contributed by atoms with van der Waals surface area (Å²) in [5.41, 5.74) is 1.99. The van der Waals surface area contributed by atoms with Crippen LogP contribution in [-0.4, -0.2) is 37.6 Å². The second kappa shape index (κ2) is 8.02. The molecule has 1 saturated heterocycles. The Bertz CT molecular complexity index is 735. The second-order valence-corrected chi connectivity index (χ2v) is 8.03. The zero-order valence-corrected chi connectivity index (χ0v) is 16.0. The predicted octanol–water partition coefficient (Wildman–Crippen LogP) is 3.94. The Morgan fingerprint density at radius 2 is 2.04 bits per heavy atom. The summed E-state index contributed by atoms with van der Waals surface area (Å²) in [4.78, 5) is 17.3. The van der Waals surface area contributed by atoms with Crippen molar-refractivity contribution in [1.29, 1.82) is 0 Å². The molecule has 4 nitrogen and oxygen atoms in total.